The predicted molar refractivity (Wildman–Crippen MR) is 69.1 cm³/mol. The minimum absolute atomic E-state index is 0.761. The van der Waals surface area contributed by atoms with Crippen LogP contribution in [-0.4, -0.2) is 27.3 Å². The number of benzene rings is 1. The Morgan fingerprint density at radius 3 is 2.94 bits per heavy atom. The highest BCUT2D eigenvalue weighted by Gasteiger charge is 2.07. The van der Waals surface area contributed by atoms with Crippen LogP contribution in [-0.2, 0) is 12.8 Å². The largest absolute Gasteiger partial charge is 0.496 e. The lowest BCUT2D eigenvalue weighted by Crippen LogP contribution is -1.95. The second kappa shape index (κ2) is 5.50. The smallest absolute Gasteiger partial charge is 0.209 e. The lowest BCUT2D eigenvalue weighted by atomic mass is 10.2. The fraction of sp³-hybridized carbons (Fsp3) is 0.300. The van der Waals surface area contributed by atoms with Crippen molar-refractivity contribution < 1.29 is 4.74 Å². The Labute approximate surface area is 112 Å². The van der Waals surface area contributed by atoms with E-state index >= 15 is 0 Å². The van der Waals surface area contributed by atoms with Gasteiger partial charge in [-0.1, -0.05) is 27.7 Å². The molecule has 0 bridgehead atoms. The number of hydrogen-bond acceptors (Lipinski definition) is 5. The molecule has 0 radical (unpaired) electrons. The number of methoxy groups -OCH3 is 1. The molecule has 0 aliphatic rings. The van der Waals surface area contributed by atoms with Crippen LogP contribution < -0.4 is 4.74 Å². The maximum absolute atomic E-state index is 5.31. The van der Waals surface area contributed by atoms with Gasteiger partial charge in [-0.2, -0.15) is 0 Å². The van der Waals surface area contributed by atoms with E-state index < -0.39 is 0 Å². The lowest BCUT2D eigenvalue weighted by Gasteiger charge is -2.07. The van der Waals surface area contributed by atoms with E-state index in [1.165, 1.54) is 0 Å². The molecular formula is C10H11BrN4OS. The van der Waals surface area contributed by atoms with E-state index in [0.29, 0.717) is 0 Å². The lowest BCUT2D eigenvalue weighted by molar-refractivity contribution is 0.411. The number of aryl methyl sites for hydroxylation is 1. The van der Waals surface area contributed by atoms with E-state index in [-0.39, 0.29) is 0 Å². The maximum atomic E-state index is 5.31. The standard InChI is InChI=1S/C10H11BrN4OS/c1-15-10(12-13-14-15)17-6-7-5-8(11)3-4-9(7)16-2/h3-5H,6H2,1-2H3. The molecule has 90 valence electrons. The molecule has 2 rings (SSSR count). The van der Waals surface area contributed by atoms with Gasteiger partial charge >= 0.3 is 0 Å². The summed E-state index contributed by atoms with van der Waals surface area (Å²) < 4.78 is 7.99. The average Bonchev–Trinajstić information content (AvgIpc) is 2.72. The van der Waals surface area contributed by atoms with Gasteiger partial charge in [-0.25, -0.2) is 4.68 Å². The zero-order valence-electron chi connectivity index (χ0n) is 9.42. The number of tetrazole rings is 1. The van der Waals surface area contributed by atoms with Gasteiger partial charge in [0.05, 0.1) is 7.11 Å². The third-order valence-corrected chi connectivity index (χ3v) is 3.73. The molecular weight excluding hydrogens is 304 g/mol. The van der Waals surface area contributed by atoms with Crippen LogP contribution in [0.25, 0.3) is 0 Å². The molecule has 0 fully saturated rings. The molecule has 0 N–H and O–H groups in total. The zero-order valence-corrected chi connectivity index (χ0v) is 11.8. The van der Waals surface area contributed by atoms with Crippen LogP contribution in [0.1, 0.15) is 5.56 Å². The molecule has 0 aliphatic carbocycles. The Balaban J connectivity index is 2.13. The van der Waals surface area contributed by atoms with E-state index in [0.717, 1.165) is 26.7 Å². The number of rotatable bonds is 4. The predicted octanol–water partition coefficient (Wildman–Crippen LogP) is 2.27. The van der Waals surface area contributed by atoms with Crippen LogP contribution in [0.4, 0.5) is 0 Å². The van der Waals surface area contributed by atoms with E-state index in [9.17, 15) is 0 Å². The molecule has 1 aromatic heterocycles. The van der Waals surface area contributed by atoms with Gasteiger partial charge in [0.2, 0.25) is 5.16 Å². The van der Waals surface area contributed by atoms with E-state index in [2.05, 4.69) is 31.5 Å². The maximum Gasteiger partial charge on any atom is 0.209 e. The van der Waals surface area contributed by atoms with Crippen LogP contribution in [0.2, 0.25) is 0 Å². The van der Waals surface area contributed by atoms with Gasteiger partial charge in [0, 0.05) is 22.8 Å². The number of aromatic nitrogens is 4. The topological polar surface area (TPSA) is 52.8 Å². The van der Waals surface area contributed by atoms with E-state index in [1.54, 1.807) is 23.6 Å². The van der Waals surface area contributed by atoms with Gasteiger partial charge in [-0.05, 0) is 28.6 Å². The Morgan fingerprint density at radius 1 is 1.47 bits per heavy atom. The monoisotopic (exact) mass is 314 g/mol. The Morgan fingerprint density at radius 2 is 2.29 bits per heavy atom. The van der Waals surface area contributed by atoms with Crippen molar-refractivity contribution in [3.63, 3.8) is 0 Å². The van der Waals surface area contributed by atoms with Crippen molar-refractivity contribution in [1.82, 2.24) is 20.2 Å². The molecule has 0 aliphatic heterocycles. The highest BCUT2D eigenvalue weighted by atomic mass is 79.9. The van der Waals surface area contributed by atoms with Crippen LogP contribution in [0.5, 0.6) is 5.75 Å². The van der Waals surface area contributed by atoms with Crippen LogP contribution >= 0.6 is 27.7 Å². The first-order chi connectivity index (χ1) is 8.20. The number of hydrogen-bond donors (Lipinski definition) is 0. The first-order valence-corrected chi connectivity index (χ1v) is 6.66. The van der Waals surface area contributed by atoms with Gasteiger partial charge in [0.15, 0.2) is 0 Å². The second-order valence-electron chi connectivity index (χ2n) is 3.33. The molecule has 0 amide bonds. The van der Waals surface area contributed by atoms with Gasteiger partial charge in [0.1, 0.15) is 5.75 Å². The summed E-state index contributed by atoms with van der Waals surface area (Å²) >= 11 is 5.02. The molecule has 2 aromatic rings. The summed E-state index contributed by atoms with van der Waals surface area (Å²) in [5, 5.41) is 12.1. The van der Waals surface area contributed by atoms with Crippen molar-refractivity contribution >= 4 is 27.7 Å². The van der Waals surface area contributed by atoms with E-state index in [4.69, 9.17) is 4.74 Å². The summed E-state index contributed by atoms with van der Waals surface area (Å²) in [7, 11) is 3.49. The summed E-state index contributed by atoms with van der Waals surface area (Å²) in [5.74, 6) is 1.63. The van der Waals surface area contributed by atoms with Crippen molar-refractivity contribution in [2.75, 3.05) is 7.11 Å². The summed E-state index contributed by atoms with van der Waals surface area (Å²) in [5.41, 5.74) is 1.11. The molecule has 7 heteroatoms. The van der Waals surface area contributed by atoms with Crippen molar-refractivity contribution in [2.45, 2.75) is 10.9 Å². The number of nitrogens with zero attached hydrogens (tertiary/aromatic N) is 4. The first kappa shape index (κ1) is 12.4. The Bertz CT molecular complexity index is 517. The van der Waals surface area contributed by atoms with Gasteiger partial charge in [-0.3, -0.25) is 0 Å². The van der Waals surface area contributed by atoms with Gasteiger partial charge in [-0.15, -0.1) is 5.10 Å². The number of thioether (sulfide) groups is 1. The fourth-order valence-corrected chi connectivity index (χ4v) is 2.58. The summed E-state index contributed by atoms with van der Waals surface area (Å²) in [6, 6.07) is 5.93. The summed E-state index contributed by atoms with van der Waals surface area (Å²) in [6.45, 7) is 0. The van der Waals surface area contributed by atoms with Crippen molar-refractivity contribution in [2.24, 2.45) is 7.05 Å². The number of ether oxygens (including phenoxy) is 1. The van der Waals surface area contributed by atoms with Crippen LogP contribution in [0.3, 0.4) is 0 Å². The molecule has 1 heterocycles. The molecule has 0 spiro atoms. The van der Waals surface area contributed by atoms with E-state index in [1.807, 2.05) is 25.2 Å². The highest BCUT2D eigenvalue weighted by molar-refractivity contribution is 9.10. The highest BCUT2D eigenvalue weighted by Crippen LogP contribution is 2.28. The minimum Gasteiger partial charge on any atom is -0.496 e. The third-order valence-electron chi connectivity index (χ3n) is 2.18. The zero-order chi connectivity index (χ0) is 12.3. The second-order valence-corrected chi connectivity index (χ2v) is 5.19. The normalized spacial score (nSPS) is 10.5. The molecule has 1 aromatic carbocycles. The van der Waals surface area contributed by atoms with Gasteiger partial charge in [0.25, 0.3) is 0 Å². The average molecular weight is 315 g/mol. The first-order valence-electron chi connectivity index (χ1n) is 4.88. The third kappa shape index (κ3) is 2.98. The Kier molecular flexibility index (Phi) is 4.01. The summed E-state index contributed by atoms with van der Waals surface area (Å²) in [4.78, 5) is 0. The van der Waals surface area contributed by atoms with Crippen molar-refractivity contribution in [3.8, 4) is 5.75 Å². The molecule has 0 saturated carbocycles. The van der Waals surface area contributed by atoms with Crippen molar-refractivity contribution in [1.29, 1.82) is 0 Å². The molecule has 0 saturated heterocycles. The Hall–Kier alpha value is -1.08. The fourth-order valence-electron chi connectivity index (χ4n) is 1.35. The molecule has 0 unspecified atom stereocenters. The molecule has 5 nitrogen and oxygen atoms in total. The molecule has 0 atom stereocenters. The van der Waals surface area contributed by atoms with Crippen molar-refractivity contribution in [3.05, 3.63) is 28.2 Å². The summed E-state index contributed by atoms with van der Waals surface area (Å²) in [6.07, 6.45) is 0. The SMILES string of the molecule is COc1ccc(Br)cc1CSc1nnnn1C. The molecule has 17 heavy (non-hydrogen) atoms. The number of halogens is 1. The quantitative estimate of drug-likeness (QED) is 0.810. The minimum atomic E-state index is 0.761. The van der Waals surface area contributed by atoms with Crippen LogP contribution in [0, 0.1) is 0 Å². The van der Waals surface area contributed by atoms with Gasteiger partial charge < -0.3 is 4.74 Å². The van der Waals surface area contributed by atoms with Crippen LogP contribution in [0.15, 0.2) is 27.8 Å².